The van der Waals surface area contributed by atoms with Crippen LogP contribution in [0, 0.1) is 11.8 Å². The summed E-state index contributed by atoms with van der Waals surface area (Å²) in [6.07, 6.45) is 1.65. The second-order valence-corrected chi connectivity index (χ2v) is 8.54. The quantitative estimate of drug-likeness (QED) is 0.671. The van der Waals surface area contributed by atoms with Gasteiger partial charge in [0.1, 0.15) is 0 Å². The number of amides is 3. The Morgan fingerprint density at radius 3 is 2.32 bits per heavy atom. The molecule has 156 valence electrons. The zero-order valence-corrected chi connectivity index (χ0v) is 17.7. The van der Waals surface area contributed by atoms with E-state index in [4.69, 9.17) is 5.73 Å². The predicted octanol–water partition coefficient (Wildman–Crippen LogP) is 3.00. The molecule has 6 heteroatoms. The summed E-state index contributed by atoms with van der Waals surface area (Å²) in [5.41, 5.74) is 8.55. The van der Waals surface area contributed by atoms with Crippen molar-refractivity contribution in [3.05, 3.63) is 35.4 Å². The van der Waals surface area contributed by atoms with E-state index in [1.165, 1.54) is 5.56 Å². The van der Waals surface area contributed by atoms with E-state index in [-0.39, 0.29) is 23.9 Å². The molecule has 1 aromatic carbocycles. The van der Waals surface area contributed by atoms with Crippen LogP contribution in [0.3, 0.4) is 0 Å². The van der Waals surface area contributed by atoms with E-state index in [9.17, 15) is 9.59 Å². The minimum atomic E-state index is -0.237. The van der Waals surface area contributed by atoms with E-state index in [0.717, 1.165) is 18.4 Å². The van der Waals surface area contributed by atoms with Crippen molar-refractivity contribution in [2.24, 2.45) is 17.6 Å². The first-order valence-corrected chi connectivity index (χ1v) is 10.4. The second kappa shape index (κ2) is 10.5. The van der Waals surface area contributed by atoms with E-state index in [2.05, 4.69) is 50.5 Å². The van der Waals surface area contributed by atoms with Gasteiger partial charge in [0.15, 0.2) is 0 Å². The van der Waals surface area contributed by atoms with Crippen molar-refractivity contribution in [2.75, 3.05) is 26.2 Å². The van der Waals surface area contributed by atoms with Crippen LogP contribution in [-0.4, -0.2) is 43.0 Å². The average molecular weight is 389 g/mol. The lowest BCUT2D eigenvalue weighted by Crippen LogP contribution is -2.49. The van der Waals surface area contributed by atoms with Crippen LogP contribution in [-0.2, 0) is 4.79 Å². The maximum Gasteiger partial charge on any atom is 0.317 e. The van der Waals surface area contributed by atoms with Crippen LogP contribution in [0.5, 0.6) is 0 Å². The number of hydrogen-bond acceptors (Lipinski definition) is 3. The van der Waals surface area contributed by atoms with Gasteiger partial charge in [0, 0.05) is 32.2 Å². The maximum atomic E-state index is 12.6. The topological polar surface area (TPSA) is 87.5 Å². The zero-order valence-electron chi connectivity index (χ0n) is 17.7. The van der Waals surface area contributed by atoms with E-state index in [1.807, 2.05) is 12.1 Å². The molecule has 4 N–H and O–H groups in total. The van der Waals surface area contributed by atoms with E-state index < -0.39 is 0 Å². The Morgan fingerprint density at radius 1 is 1.07 bits per heavy atom. The molecule has 0 radical (unpaired) electrons. The Kier molecular flexibility index (Phi) is 8.30. The maximum absolute atomic E-state index is 12.6. The Morgan fingerprint density at radius 2 is 1.71 bits per heavy atom. The van der Waals surface area contributed by atoms with Crippen molar-refractivity contribution in [1.82, 2.24) is 15.5 Å². The summed E-state index contributed by atoms with van der Waals surface area (Å²) in [6.45, 7) is 10.7. The van der Waals surface area contributed by atoms with E-state index in [1.54, 1.807) is 4.90 Å². The monoisotopic (exact) mass is 388 g/mol. The molecule has 1 aliphatic heterocycles. The molecule has 1 fully saturated rings. The van der Waals surface area contributed by atoms with Crippen LogP contribution < -0.4 is 16.4 Å². The highest BCUT2D eigenvalue weighted by atomic mass is 16.2. The third-order valence-electron chi connectivity index (χ3n) is 5.27. The Labute approximate surface area is 169 Å². The molecule has 0 aromatic heterocycles. The smallest absolute Gasteiger partial charge is 0.317 e. The molecule has 2 atom stereocenters. The molecule has 2 rings (SSSR count). The largest absolute Gasteiger partial charge is 0.354 e. The number of rotatable bonds is 7. The number of benzene rings is 1. The number of carbonyl (C=O) groups is 2. The van der Waals surface area contributed by atoms with Gasteiger partial charge in [-0.2, -0.15) is 0 Å². The summed E-state index contributed by atoms with van der Waals surface area (Å²) in [6, 6.07) is 7.95. The van der Waals surface area contributed by atoms with Gasteiger partial charge in [-0.25, -0.2) is 4.79 Å². The van der Waals surface area contributed by atoms with Gasteiger partial charge in [-0.15, -0.1) is 0 Å². The van der Waals surface area contributed by atoms with E-state index >= 15 is 0 Å². The lowest BCUT2D eigenvalue weighted by Gasteiger charge is -2.32. The van der Waals surface area contributed by atoms with Crippen LogP contribution in [0.15, 0.2) is 24.3 Å². The summed E-state index contributed by atoms with van der Waals surface area (Å²) in [5.74, 6) is 0.700. The first kappa shape index (κ1) is 22.2. The van der Waals surface area contributed by atoms with Gasteiger partial charge in [0.05, 0.1) is 5.92 Å². The number of hydrogen-bond donors (Lipinski definition) is 3. The normalized spacial score (nSPS) is 18.2. The molecule has 0 aliphatic carbocycles. The minimum Gasteiger partial charge on any atom is -0.354 e. The molecule has 0 spiro atoms. The molecule has 2 unspecified atom stereocenters. The lowest BCUT2D eigenvalue weighted by molar-refractivity contribution is -0.126. The summed E-state index contributed by atoms with van der Waals surface area (Å²) in [4.78, 5) is 26.6. The van der Waals surface area contributed by atoms with E-state index in [0.29, 0.717) is 38.0 Å². The fourth-order valence-electron chi connectivity index (χ4n) is 3.38. The molecule has 28 heavy (non-hydrogen) atoms. The third kappa shape index (κ3) is 6.51. The third-order valence-corrected chi connectivity index (χ3v) is 5.27. The molecule has 6 nitrogen and oxygen atoms in total. The average Bonchev–Trinajstić information content (AvgIpc) is 2.70. The van der Waals surface area contributed by atoms with Gasteiger partial charge >= 0.3 is 6.03 Å². The fraction of sp³-hybridized carbons (Fsp3) is 0.636. The standard InChI is InChI=1S/C22H36N4O2/c1-15(2)12-25-22(28)26-11-5-6-19(14-26)21(27)24-13-20(23)18-9-7-17(8-10-18)16(3)4/h7-10,15-16,19-20H,5-6,11-14,23H2,1-4H3,(H,24,27)(H,25,28). The molecule has 1 heterocycles. The van der Waals surface area contributed by atoms with Gasteiger partial charge in [-0.05, 0) is 35.8 Å². The highest BCUT2D eigenvalue weighted by molar-refractivity contribution is 5.80. The van der Waals surface area contributed by atoms with Crippen molar-refractivity contribution >= 4 is 11.9 Å². The highest BCUT2D eigenvalue weighted by Crippen LogP contribution is 2.19. The summed E-state index contributed by atoms with van der Waals surface area (Å²) in [7, 11) is 0. The SMILES string of the molecule is CC(C)CNC(=O)N1CCCC(C(=O)NCC(N)c2ccc(C(C)C)cc2)C1. The molecular weight excluding hydrogens is 352 g/mol. The number of carbonyl (C=O) groups excluding carboxylic acids is 2. The molecule has 0 bridgehead atoms. The number of likely N-dealkylation sites (tertiary alicyclic amines) is 1. The Hall–Kier alpha value is -2.08. The fourth-order valence-corrected chi connectivity index (χ4v) is 3.38. The highest BCUT2D eigenvalue weighted by Gasteiger charge is 2.28. The minimum absolute atomic E-state index is 0.0180. The van der Waals surface area contributed by atoms with Gasteiger partial charge in [0.2, 0.25) is 5.91 Å². The number of urea groups is 1. The van der Waals surface area contributed by atoms with Crippen LogP contribution in [0.2, 0.25) is 0 Å². The first-order valence-electron chi connectivity index (χ1n) is 10.4. The lowest BCUT2D eigenvalue weighted by atomic mass is 9.96. The van der Waals surface area contributed by atoms with Crippen molar-refractivity contribution in [2.45, 2.75) is 52.5 Å². The molecular formula is C22H36N4O2. The molecule has 1 saturated heterocycles. The molecule has 0 saturated carbocycles. The number of piperidine rings is 1. The van der Waals surface area contributed by atoms with Crippen molar-refractivity contribution in [1.29, 1.82) is 0 Å². The zero-order chi connectivity index (χ0) is 20.7. The van der Waals surface area contributed by atoms with Gasteiger partial charge < -0.3 is 21.3 Å². The Bertz CT molecular complexity index is 642. The van der Waals surface area contributed by atoms with Crippen LogP contribution in [0.1, 0.15) is 63.6 Å². The summed E-state index contributed by atoms with van der Waals surface area (Å²) >= 11 is 0. The van der Waals surface area contributed by atoms with Gasteiger partial charge in [0.25, 0.3) is 0 Å². The summed E-state index contributed by atoms with van der Waals surface area (Å²) < 4.78 is 0. The second-order valence-electron chi connectivity index (χ2n) is 8.54. The molecule has 3 amide bonds. The predicted molar refractivity (Wildman–Crippen MR) is 113 cm³/mol. The summed E-state index contributed by atoms with van der Waals surface area (Å²) in [5, 5.41) is 5.91. The van der Waals surface area contributed by atoms with Crippen molar-refractivity contribution in [3.8, 4) is 0 Å². The number of nitrogens with zero attached hydrogens (tertiary/aromatic N) is 1. The molecule has 1 aromatic rings. The van der Waals surface area contributed by atoms with Gasteiger partial charge in [-0.1, -0.05) is 52.0 Å². The molecule has 1 aliphatic rings. The van der Waals surface area contributed by atoms with Crippen LogP contribution in [0.25, 0.3) is 0 Å². The van der Waals surface area contributed by atoms with Crippen LogP contribution >= 0.6 is 0 Å². The number of nitrogens with one attached hydrogen (secondary N) is 2. The van der Waals surface area contributed by atoms with Crippen LogP contribution in [0.4, 0.5) is 4.79 Å². The first-order chi connectivity index (χ1) is 13.3. The Balaban J connectivity index is 1.82. The number of nitrogens with two attached hydrogens (primary N) is 1. The van der Waals surface area contributed by atoms with Crippen molar-refractivity contribution in [3.63, 3.8) is 0 Å². The van der Waals surface area contributed by atoms with Crippen molar-refractivity contribution < 1.29 is 9.59 Å². The van der Waals surface area contributed by atoms with Gasteiger partial charge in [-0.3, -0.25) is 4.79 Å².